The number of hydrogen-bond acceptors (Lipinski definition) is 4. The Morgan fingerprint density at radius 3 is 2.70 bits per heavy atom. The molecule has 0 aliphatic heterocycles. The van der Waals surface area contributed by atoms with E-state index in [1.54, 1.807) is 17.4 Å². The van der Waals surface area contributed by atoms with Crippen molar-refractivity contribution in [3.05, 3.63) is 70.2 Å². The minimum atomic E-state index is -0.815. The molecule has 0 aliphatic rings. The molecule has 2 N–H and O–H groups in total. The fourth-order valence-electron chi connectivity index (χ4n) is 2.11. The Morgan fingerprint density at radius 2 is 1.96 bits per heavy atom. The van der Waals surface area contributed by atoms with E-state index in [1.165, 1.54) is 29.5 Å². The molecule has 0 bridgehead atoms. The molecule has 2 aromatic heterocycles. The van der Waals surface area contributed by atoms with Gasteiger partial charge in [-0.15, -0.1) is 22.7 Å². The lowest BCUT2D eigenvalue weighted by molar-refractivity contribution is 0.0914. The largest absolute Gasteiger partial charge is 0.386 e. The Hall–Kier alpha value is -2.02. The normalized spacial score (nSPS) is 12.1. The van der Waals surface area contributed by atoms with E-state index in [9.17, 15) is 14.3 Å². The van der Waals surface area contributed by atoms with Gasteiger partial charge in [0.1, 0.15) is 11.9 Å². The standard InChI is InChI=1S/C17H14FNO2S2/c18-12-5-2-1-4-11(12)17(21)19-10-13(20)14-7-8-16(23-14)15-6-3-9-22-15/h1-9,13,20H,10H2,(H,19,21). The van der Waals surface area contributed by atoms with E-state index in [-0.39, 0.29) is 12.1 Å². The highest BCUT2D eigenvalue weighted by Gasteiger charge is 2.15. The average molecular weight is 347 g/mol. The number of amides is 1. The van der Waals surface area contributed by atoms with Crippen molar-refractivity contribution in [2.75, 3.05) is 6.54 Å². The van der Waals surface area contributed by atoms with Crippen LogP contribution in [0, 0.1) is 5.82 Å². The van der Waals surface area contributed by atoms with Crippen molar-refractivity contribution in [3.8, 4) is 9.75 Å². The number of benzene rings is 1. The molecule has 118 valence electrons. The van der Waals surface area contributed by atoms with Crippen LogP contribution in [0.15, 0.2) is 53.9 Å². The van der Waals surface area contributed by atoms with E-state index in [2.05, 4.69) is 5.32 Å². The third-order valence-electron chi connectivity index (χ3n) is 3.29. The highest BCUT2D eigenvalue weighted by atomic mass is 32.1. The van der Waals surface area contributed by atoms with Crippen molar-refractivity contribution < 1.29 is 14.3 Å². The molecular weight excluding hydrogens is 333 g/mol. The van der Waals surface area contributed by atoms with Gasteiger partial charge in [0.05, 0.1) is 5.56 Å². The van der Waals surface area contributed by atoms with Gasteiger partial charge in [-0.2, -0.15) is 0 Å². The van der Waals surface area contributed by atoms with E-state index in [0.717, 1.165) is 14.6 Å². The second kappa shape index (κ2) is 7.04. The molecule has 0 aliphatic carbocycles. The molecule has 3 rings (SSSR count). The van der Waals surface area contributed by atoms with Gasteiger partial charge in [-0.25, -0.2) is 4.39 Å². The van der Waals surface area contributed by atoms with Gasteiger partial charge in [0.25, 0.3) is 5.91 Å². The van der Waals surface area contributed by atoms with Crippen LogP contribution in [-0.4, -0.2) is 17.6 Å². The third-order valence-corrected chi connectivity index (χ3v) is 5.55. The molecule has 0 saturated carbocycles. The van der Waals surface area contributed by atoms with E-state index < -0.39 is 17.8 Å². The molecule has 3 nitrogen and oxygen atoms in total. The van der Waals surface area contributed by atoms with Gasteiger partial charge < -0.3 is 10.4 Å². The average Bonchev–Trinajstić information content (AvgIpc) is 3.23. The molecule has 23 heavy (non-hydrogen) atoms. The molecule has 0 radical (unpaired) electrons. The monoisotopic (exact) mass is 347 g/mol. The Bertz CT molecular complexity index is 799. The number of rotatable bonds is 5. The van der Waals surface area contributed by atoms with Crippen LogP contribution in [-0.2, 0) is 0 Å². The van der Waals surface area contributed by atoms with Crippen LogP contribution in [0.5, 0.6) is 0 Å². The summed E-state index contributed by atoms with van der Waals surface area (Å²) in [6.45, 7) is 0.0392. The van der Waals surface area contributed by atoms with Crippen LogP contribution in [0.2, 0.25) is 0 Å². The first-order valence-electron chi connectivity index (χ1n) is 6.99. The molecule has 6 heteroatoms. The van der Waals surface area contributed by atoms with Crippen molar-refractivity contribution in [2.24, 2.45) is 0 Å². The Balaban J connectivity index is 1.62. The Labute approximate surface area is 141 Å². The predicted molar refractivity (Wildman–Crippen MR) is 91.3 cm³/mol. The quantitative estimate of drug-likeness (QED) is 0.731. The molecule has 0 fully saturated rings. The summed E-state index contributed by atoms with van der Waals surface area (Å²) in [6.07, 6.45) is -0.815. The fourth-order valence-corrected chi connectivity index (χ4v) is 3.94. The zero-order valence-electron chi connectivity index (χ0n) is 12.0. The van der Waals surface area contributed by atoms with Gasteiger partial charge in [0.2, 0.25) is 0 Å². The maximum Gasteiger partial charge on any atom is 0.254 e. The summed E-state index contributed by atoms with van der Waals surface area (Å²) in [5.41, 5.74) is -0.0230. The third kappa shape index (κ3) is 3.67. The molecule has 1 unspecified atom stereocenters. The van der Waals surface area contributed by atoms with Gasteiger partial charge in [-0.05, 0) is 35.7 Å². The molecule has 2 heterocycles. The maximum atomic E-state index is 13.5. The van der Waals surface area contributed by atoms with Crippen molar-refractivity contribution in [1.29, 1.82) is 0 Å². The second-order valence-corrected chi connectivity index (χ2v) is 6.95. The van der Waals surface area contributed by atoms with Crippen LogP contribution >= 0.6 is 22.7 Å². The summed E-state index contributed by atoms with van der Waals surface area (Å²) in [4.78, 5) is 14.9. The van der Waals surface area contributed by atoms with Crippen molar-refractivity contribution in [1.82, 2.24) is 5.32 Å². The number of aliphatic hydroxyl groups excluding tert-OH is 1. The van der Waals surface area contributed by atoms with E-state index in [4.69, 9.17) is 0 Å². The first-order valence-corrected chi connectivity index (χ1v) is 8.69. The summed E-state index contributed by atoms with van der Waals surface area (Å²) in [5.74, 6) is -1.10. The second-order valence-electron chi connectivity index (χ2n) is 4.88. The van der Waals surface area contributed by atoms with Crippen LogP contribution in [0.1, 0.15) is 21.3 Å². The molecule has 0 spiro atoms. The minimum Gasteiger partial charge on any atom is -0.386 e. The summed E-state index contributed by atoms with van der Waals surface area (Å²) < 4.78 is 13.5. The van der Waals surface area contributed by atoms with E-state index >= 15 is 0 Å². The number of carbonyl (C=O) groups excluding carboxylic acids is 1. The minimum absolute atomic E-state index is 0.0230. The van der Waals surface area contributed by atoms with Crippen LogP contribution < -0.4 is 5.32 Å². The van der Waals surface area contributed by atoms with Gasteiger partial charge in [0, 0.05) is 21.2 Å². The zero-order chi connectivity index (χ0) is 16.2. The number of aliphatic hydroxyl groups is 1. The summed E-state index contributed by atoms with van der Waals surface area (Å²) in [7, 11) is 0. The Kier molecular flexibility index (Phi) is 4.85. The SMILES string of the molecule is O=C(NCC(O)c1ccc(-c2cccs2)s1)c1ccccc1F. The molecule has 1 amide bonds. The van der Waals surface area contributed by atoms with Crippen LogP contribution in [0.25, 0.3) is 9.75 Å². The van der Waals surface area contributed by atoms with Crippen LogP contribution in [0.4, 0.5) is 4.39 Å². The van der Waals surface area contributed by atoms with Crippen molar-refractivity contribution >= 4 is 28.6 Å². The number of hydrogen-bond donors (Lipinski definition) is 2. The Morgan fingerprint density at radius 1 is 1.13 bits per heavy atom. The number of nitrogens with one attached hydrogen (secondary N) is 1. The topological polar surface area (TPSA) is 49.3 Å². The summed E-state index contributed by atoms with van der Waals surface area (Å²) >= 11 is 3.12. The molecule has 3 aromatic rings. The van der Waals surface area contributed by atoms with Gasteiger partial charge >= 0.3 is 0 Å². The van der Waals surface area contributed by atoms with Crippen LogP contribution in [0.3, 0.4) is 0 Å². The lowest BCUT2D eigenvalue weighted by Crippen LogP contribution is -2.28. The maximum absolute atomic E-state index is 13.5. The van der Waals surface area contributed by atoms with Gasteiger partial charge in [-0.3, -0.25) is 4.79 Å². The lowest BCUT2D eigenvalue weighted by Gasteiger charge is -2.10. The summed E-state index contributed by atoms with van der Waals surface area (Å²) in [6, 6.07) is 13.6. The van der Waals surface area contributed by atoms with E-state index in [0.29, 0.717) is 0 Å². The zero-order valence-corrected chi connectivity index (χ0v) is 13.7. The number of halogens is 1. The number of thiophene rings is 2. The van der Waals surface area contributed by atoms with Crippen molar-refractivity contribution in [3.63, 3.8) is 0 Å². The highest BCUT2D eigenvalue weighted by Crippen LogP contribution is 2.33. The van der Waals surface area contributed by atoms with E-state index in [1.807, 2.05) is 29.6 Å². The first kappa shape index (κ1) is 15.9. The fraction of sp³-hybridized carbons (Fsp3) is 0.118. The molecular formula is C17H14FNO2S2. The first-order chi connectivity index (χ1) is 11.1. The number of carbonyl (C=O) groups is 1. The molecule has 1 atom stereocenters. The highest BCUT2D eigenvalue weighted by molar-refractivity contribution is 7.21. The summed E-state index contributed by atoms with van der Waals surface area (Å²) in [5, 5.41) is 14.8. The van der Waals surface area contributed by atoms with Crippen molar-refractivity contribution in [2.45, 2.75) is 6.10 Å². The van der Waals surface area contributed by atoms with Gasteiger partial charge in [0.15, 0.2) is 0 Å². The lowest BCUT2D eigenvalue weighted by atomic mass is 10.2. The predicted octanol–water partition coefficient (Wildman–Crippen LogP) is 4.08. The van der Waals surface area contributed by atoms with Gasteiger partial charge in [-0.1, -0.05) is 18.2 Å². The smallest absolute Gasteiger partial charge is 0.254 e. The molecule has 1 aromatic carbocycles. The molecule has 0 saturated heterocycles.